The summed E-state index contributed by atoms with van der Waals surface area (Å²) in [5.74, 6) is 0.217. The number of furan rings is 1. The van der Waals surface area contributed by atoms with Gasteiger partial charge >= 0.3 is 6.18 Å². The predicted octanol–water partition coefficient (Wildman–Crippen LogP) is 2.07. The molecule has 0 saturated heterocycles. The van der Waals surface area contributed by atoms with Gasteiger partial charge in [0.25, 0.3) is 0 Å². The number of halogens is 4. The molecule has 0 radical (unpaired) electrons. The fourth-order valence-corrected chi connectivity index (χ4v) is 3.37. The van der Waals surface area contributed by atoms with Crippen molar-refractivity contribution in [3.63, 3.8) is 0 Å². The standard InChI is InChI=1S/C9H12BrF3N2O3S/c1-15(3-2-9(11,12)13)19(16,17)7-4-6(5-14)18-8(7)10/h4H,2-3,5,14H2,1H3. The first-order valence-electron chi connectivity index (χ1n) is 5.09. The van der Waals surface area contributed by atoms with Crippen LogP contribution >= 0.6 is 15.9 Å². The minimum Gasteiger partial charge on any atom is -0.452 e. The van der Waals surface area contributed by atoms with Gasteiger partial charge in [0, 0.05) is 19.7 Å². The van der Waals surface area contributed by atoms with Crippen LogP contribution in [0.4, 0.5) is 13.2 Å². The van der Waals surface area contributed by atoms with Crippen LogP contribution in [-0.2, 0) is 16.6 Å². The zero-order chi connectivity index (χ0) is 14.8. The molecule has 19 heavy (non-hydrogen) atoms. The molecule has 2 N–H and O–H groups in total. The van der Waals surface area contributed by atoms with Crippen molar-refractivity contribution in [1.82, 2.24) is 4.31 Å². The molecule has 0 fully saturated rings. The minimum atomic E-state index is -4.42. The molecular weight excluding hydrogens is 353 g/mol. The van der Waals surface area contributed by atoms with Crippen LogP contribution in [-0.4, -0.2) is 32.5 Å². The number of rotatable bonds is 5. The van der Waals surface area contributed by atoms with Crippen molar-refractivity contribution < 1.29 is 26.0 Å². The Morgan fingerprint density at radius 3 is 2.47 bits per heavy atom. The highest BCUT2D eigenvalue weighted by Gasteiger charge is 2.32. The van der Waals surface area contributed by atoms with E-state index in [2.05, 4.69) is 15.9 Å². The molecule has 0 saturated carbocycles. The minimum absolute atomic E-state index is 0.0135. The maximum atomic E-state index is 12.1. The van der Waals surface area contributed by atoms with Crippen LogP contribution in [0, 0.1) is 0 Å². The average molecular weight is 365 g/mol. The Morgan fingerprint density at radius 2 is 2.05 bits per heavy atom. The van der Waals surface area contributed by atoms with E-state index in [0.717, 1.165) is 7.05 Å². The first-order valence-corrected chi connectivity index (χ1v) is 7.32. The molecule has 0 bridgehead atoms. The lowest BCUT2D eigenvalue weighted by Crippen LogP contribution is -2.30. The van der Waals surface area contributed by atoms with Gasteiger partial charge in [0.05, 0.1) is 13.0 Å². The average Bonchev–Trinajstić information content (AvgIpc) is 2.67. The fraction of sp³-hybridized carbons (Fsp3) is 0.556. The van der Waals surface area contributed by atoms with Gasteiger partial charge in [0.15, 0.2) is 4.67 Å². The van der Waals surface area contributed by atoms with Crippen molar-refractivity contribution in [2.45, 2.75) is 24.0 Å². The van der Waals surface area contributed by atoms with Gasteiger partial charge in [-0.3, -0.25) is 0 Å². The second-order valence-corrected chi connectivity index (χ2v) is 6.48. The number of nitrogens with zero attached hydrogens (tertiary/aromatic N) is 1. The summed E-state index contributed by atoms with van der Waals surface area (Å²) in [6.07, 6.45) is -5.64. The van der Waals surface area contributed by atoms with E-state index in [1.165, 1.54) is 6.07 Å². The summed E-state index contributed by atoms with van der Waals surface area (Å²) in [5, 5.41) is 0. The third-order valence-electron chi connectivity index (χ3n) is 2.31. The van der Waals surface area contributed by atoms with Crippen LogP contribution in [0.1, 0.15) is 12.2 Å². The van der Waals surface area contributed by atoms with Crippen LogP contribution in [0.3, 0.4) is 0 Å². The molecule has 1 rings (SSSR count). The predicted molar refractivity (Wildman–Crippen MR) is 64.8 cm³/mol. The highest BCUT2D eigenvalue weighted by atomic mass is 79.9. The summed E-state index contributed by atoms with van der Waals surface area (Å²) in [7, 11) is -2.97. The first kappa shape index (κ1) is 16.5. The normalized spacial score (nSPS) is 13.2. The topological polar surface area (TPSA) is 76.5 Å². The van der Waals surface area contributed by atoms with Crippen molar-refractivity contribution >= 4 is 26.0 Å². The number of nitrogens with two attached hydrogens (primary N) is 1. The van der Waals surface area contributed by atoms with E-state index in [9.17, 15) is 21.6 Å². The largest absolute Gasteiger partial charge is 0.452 e. The number of sulfonamides is 1. The van der Waals surface area contributed by atoms with Crippen LogP contribution in [0.25, 0.3) is 0 Å². The second-order valence-electron chi connectivity index (χ2n) is 3.75. The van der Waals surface area contributed by atoms with E-state index in [4.69, 9.17) is 10.2 Å². The van der Waals surface area contributed by atoms with Crippen LogP contribution < -0.4 is 5.73 Å². The van der Waals surface area contributed by atoms with Crippen LogP contribution in [0.15, 0.2) is 20.0 Å². The molecule has 0 aliphatic heterocycles. The monoisotopic (exact) mass is 364 g/mol. The number of alkyl halides is 3. The van der Waals surface area contributed by atoms with Gasteiger partial charge in [0.2, 0.25) is 10.0 Å². The zero-order valence-electron chi connectivity index (χ0n) is 9.87. The molecule has 1 aromatic heterocycles. The van der Waals surface area contributed by atoms with Crippen molar-refractivity contribution in [2.75, 3.05) is 13.6 Å². The molecule has 0 amide bonds. The van der Waals surface area contributed by atoms with E-state index < -0.39 is 29.2 Å². The molecule has 5 nitrogen and oxygen atoms in total. The van der Waals surface area contributed by atoms with E-state index >= 15 is 0 Å². The lowest BCUT2D eigenvalue weighted by Gasteiger charge is -2.17. The van der Waals surface area contributed by atoms with E-state index in [0.29, 0.717) is 4.31 Å². The zero-order valence-corrected chi connectivity index (χ0v) is 12.3. The highest BCUT2D eigenvalue weighted by Crippen LogP contribution is 2.29. The van der Waals surface area contributed by atoms with Crippen molar-refractivity contribution in [1.29, 1.82) is 0 Å². The Labute approximate surface area is 116 Å². The molecule has 0 aliphatic carbocycles. The summed E-state index contributed by atoms with van der Waals surface area (Å²) in [6.45, 7) is -0.679. The Kier molecular flexibility index (Phi) is 5.04. The van der Waals surface area contributed by atoms with Gasteiger partial charge in [-0.1, -0.05) is 0 Å². The van der Waals surface area contributed by atoms with Gasteiger partial charge in [-0.2, -0.15) is 13.2 Å². The third kappa shape index (κ3) is 4.20. The third-order valence-corrected chi connectivity index (χ3v) is 5.02. The quantitative estimate of drug-likeness (QED) is 0.867. The smallest absolute Gasteiger partial charge is 0.390 e. The van der Waals surface area contributed by atoms with Crippen LogP contribution in [0.2, 0.25) is 0 Å². The van der Waals surface area contributed by atoms with Crippen LogP contribution in [0.5, 0.6) is 0 Å². The Bertz CT molecular complexity index is 541. The van der Waals surface area contributed by atoms with Gasteiger partial charge in [-0.25, -0.2) is 12.7 Å². The summed E-state index contributed by atoms with van der Waals surface area (Å²) in [4.78, 5) is -0.238. The summed E-state index contributed by atoms with van der Waals surface area (Å²) in [6, 6.07) is 1.18. The molecule has 0 aliphatic rings. The molecule has 1 aromatic rings. The first-order chi connectivity index (χ1) is 8.58. The second kappa shape index (κ2) is 5.81. The van der Waals surface area contributed by atoms with Gasteiger partial charge in [-0.05, 0) is 15.9 Å². The molecular formula is C9H12BrF3N2O3S. The molecule has 110 valence electrons. The molecule has 0 spiro atoms. The SMILES string of the molecule is CN(CCC(F)(F)F)S(=O)(=O)c1cc(CN)oc1Br. The lowest BCUT2D eigenvalue weighted by molar-refractivity contribution is -0.135. The van der Waals surface area contributed by atoms with Gasteiger partial charge < -0.3 is 10.2 Å². The summed E-state index contributed by atoms with van der Waals surface area (Å²) >= 11 is 2.90. The van der Waals surface area contributed by atoms with Crippen molar-refractivity contribution in [3.8, 4) is 0 Å². The lowest BCUT2D eigenvalue weighted by atomic mass is 10.4. The molecule has 10 heteroatoms. The van der Waals surface area contributed by atoms with E-state index in [1.807, 2.05) is 0 Å². The van der Waals surface area contributed by atoms with Gasteiger partial charge in [-0.15, -0.1) is 0 Å². The number of hydrogen-bond donors (Lipinski definition) is 1. The Morgan fingerprint density at radius 1 is 1.47 bits per heavy atom. The molecule has 0 unspecified atom stereocenters. The van der Waals surface area contributed by atoms with Crippen molar-refractivity contribution in [3.05, 3.63) is 16.5 Å². The summed E-state index contributed by atoms with van der Waals surface area (Å²) in [5.41, 5.74) is 5.30. The highest BCUT2D eigenvalue weighted by molar-refractivity contribution is 9.10. The fourth-order valence-electron chi connectivity index (χ4n) is 1.25. The van der Waals surface area contributed by atoms with Gasteiger partial charge in [0.1, 0.15) is 10.7 Å². The molecule has 1 heterocycles. The maximum Gasteiger partial charge on any atom is 0.390 e. The molecule has 0 atom stereocenters. The molecule has 0 aromatic carbocycles. The van der Waals surface area contributed by atoms with E-state index in [1.54, 1.807) is 0 Å². The Balaban J connectivity index is 2.93. The van der Waals surface area contributed by atoms with E-state index in [-0.39, 0.29) is 21.9 Å². The summed E-state index contributed by atoms with van der Waals surface area (Å²) < 4.78 is 65.8. The van der Waals surface area contributed by atoms with Crippen molar-refractivity contribution in [2.24, 2.45) is 5.73 Å². The number of hydrogen-bond acceptors (Lipinski definition) is 4. The maximum absolute atomic E-state index is 12.1. The Hall–Kier alpha value is -0.580.